The second kappa shape index (κ2) is 6.64. The minimum Gasteiger partial charge on any atom is -0.458 e. The molecule has 26 heavy (non-hydrogen) atoms. The van der Waals surface area contributed by atoms with Gasteiger partial charge in [0.05, 0.1) is 17.6 Å². The van der Waals surface area contributed by atoms with Crippen molar-refractivity contribution in [2.24, 2.45) is 16.7 Å². The SMILES string of the molecule is C=C(C)C(=O)OCC(CO)OC(=O)C12CC3CC(O)(CC(CC)(C3)C1)C2. The van der Waals surface area contributed by atoms with Crippen molar-refractivity contribution in [1.29, 1.82) is 0 Å². The first-order valence-electron chi connectivity index (χ1n) is 9.52. The highest BCUT2D eigenvalue weighted by molar-refractivity contribution is 5.87. The van der Waals surface area contributed by atoms with Crippen molar-refractivity contribution in [1.82, 2.24) is 0 Å². The van der Waals surface area contributed by atoms with Crippen LogP contribution in [0.3, 0.4) is 0 Å². The summed E-state index contributed by atoms with van der Waals surface area (Å²) in [5.41, 5.74) is -1.21. The average Bonchev–Trinajstić information content (AvgIpc) is 2.55. The van der Waals surface area contributed by atoms with Gasteiger partial charge < -0.3 is 19.7 Å². The molecule has 0 spiro atoms. The van der Waals surface area contributed by atoms with Gasteiger partial charge in [-0.15, -0.1) is 0 Å². The van der Waals surface area contributed by atoms with E-state index in [4.69, 9.17) is 9.47 Å². The molecule has 6 heteroatoms. The largest absolute Gasteiger partial charge is 0.458 e. The summed E-state index contributed by atoms with van der Waals surface area (Å²) in [7, 11) is 0. The van der Waals surface area contributed by atoms with Crippen LogP contribution in [0.25, 0.3) is 0 Å². The maximum atomic E-state index is 13.0. The molecule has 0 radical (unpaired) electrons. The zero-order valence-electron chi connectivity index (χ0n) is 15.8. The minimum atomic E-state index is -0.897. The normalized spacial score (nSPS) is 38.7. The van der Waals surface area contributed by atoms with E-state index >= 15 is 0 Å². The molecule has 0 aliphatic heterocycles. The average molecular weight is 366 g/mol. The number of rotatable bonds is 7. The monoisotopic (exact) mass is 366 g/mol. The van der Waals surface area contributed by atoms with E-state index in [1.807, 2.05) is 0 Å². The molecule has 0 heterocycles. The fraction of sp³-hybridized carbons (Fsp3) is 0.800. The van der Waals surface area contributed by atoms with Crippen LogP contribution in [-0.2, 0) is 19.1 Å². The summed E-state index contributed by atoms with van der Waals surface area (Å²) >= 11 is 0. The summed E-state index contributed by atoms with van der Waals surface area (Å²) < 4.78 is 10.6. The van der Waals surface area contributed by atoms with Gasteiger partial charge in [-0.1, -0.05) is 19.9 Å². The number of aliphatic hydroxyl groups excluding tert-OH is 1. The van der Waals surface area contributed by atoms with Crippen LogP contribution in [0, 0.1) is 16.7 Å². The van der Waals surface area contributed by atoms with Gasteiger partial charge in [0.2, 0.25) is 0 Å². The van der Waals surface area contributed by atoms with Crippen LogP contribution < -0.4 is 0 Å². The molecule has 4 saturated carbocycles. The van der Waals surface area contributed by atoms with Crippen LogP contribution in [0.15, 0.2) is 12.2 Å². The zero-order chi connectivity index (χ0) is 19.2. The van der Waals surface area contributed by atoms with Crippen LogP contribution in [0.5, 0.6) is 0 Å². The number of aliphatic hydroxyl groups is 2. The summed E-state index contributed by atoms with van der Waals surface area (Å²) in [6.07, 6.45) is 4.55. The fourth-order valence-electron chi connectivity index (χ4n) is 5.90. The molecule has 4 bridgehead atoms. The van der Waals surface area contributed by atoms with Gasteiger partial charge in [0, 0.05) is 5.57 Å². The molecule has 0 aromatic rings. The van der Waals surface area contributed by atoms with Crippen molar-refractivity contribution in [2.75, 3.05) is 13.2 Å². The van der Waals surface area contributed by atoms with Gasteiger partial charge in [0.1, 0.15) is 6.61 Å². The Morgan fingerprint density at radius 1 is 1.23 bits per heavy atom. The van der Waals surface area contributed by atoms with Crippen LogP contribution in [0.4, 0.5) is 0 Å². The number of carbonyl (C=O) groups excluding carboxylic acids is 2. The minimum absolute atomic E-state index is 0.00825. The van der Waals surface area contributed by atoms with Gasteiger partial charge in [0.15, 0.2) is 6.10 Å². The molecule has 4 fully saturated rings. The van der Waals surface area contributed by atoms with E-state index in [9.17, 15) is 19.8 Å². The molecule has 4 rings (SSSR count). The quantitative estimate of drug-likeness (QED) is 0.530. The molecule has 5 unspecified atom stereocenters. The third kappa shape index (κ3) is 3.41. The van der Waals surface area contributed by atoms with Crippen molar-refractivity contribution in [3.05, 3.63) is 12.2 Å². The van der Waals surface area contributed by atoms with Crippen LogP contribution >= 0.6 is 0 Å². The summed E-state index contributed by atoms with van der Waals surface area (Å²) in [6.45, 7) is 6.54. The Labute approximate surface area is 154 Å². The van der Waals surface area contributed by atoms with Gasteiger partial charge in [-0.2, -0.15) is 0 Å². The summed E-state index contributed by atoms with van der Waals surface area (Å²) in [5, 5.41) is 20.5. The maximum absolute atomic E-state index is 13.0. The Morgan fingerprint density at radius 3 is 2.54 bits per heavy atom. The number of esters is 2. The number of carbonyl (C=O) groups is 2. The van der Waals surface area contributed by atoms with E-state index in [-0.39, 0.29) is 23.6 Å². The van der Waals surface area contributed by atoms with Crippen LogP contribution in [0.1, 0.15) is 58.8 Å². The third-order valence-electron chi connectivity index (χ3n) is 6.56. The summed E-state index contributed by atoms with van der Waals surface area (Å²) in [4.78, 5) is 24.6. The van der Waals surface area contributed by atoms with Crippen molar-refractivity contribution in [3.63, 3.8) is 0 Å². The second-order valence-corrected chi connectivity index (χ2v) is 8.96. The van der Waals surface area contributed by atoms with E-state index in [0.717, 1.165) is 38.5 Å². The highest BCUT2D eigenvalue weighted by Crippen LogP contribution is 2.67. The second-order valence-electron chi connectivity index (χ2n) is 8.96. The Kier molecular flexibility index (Phi) is 4.95. The third-order valence-corrected chi connectivity index (χ3v) is 6.56. The molecule has 0 saturated heterocycles. The molecule has 6 nitrogen and oxygen atoms in total. The number of hydrogen-bond donors (Lipinski definition) is 2. The standard InChI is InChI=1S/C20H30O6/c1-4-18-5-14-6-19(10-18,12-20(24,7-14)11-18)17(23)26-15(8-21)9-25-16(22)13(2)3/h14-15,21,24H,2,4-12H2,1,3H3. The molecular formula is C20H30O6. The summed E-state index contributed by atoms with van der Waals surface area (Å²) in [5.74, 6) is -0.602. The van der Waals surface area contributed by atoms with Gasteiger partial charge in [-0.3, -0.25) is 4.79 Å². The van der Waals surface area contributed by atoms with E-state index < -0.39 is 29.7 Å². The first-order valence-corrected chi connectivity index (χ1v) is 9.52. The fourth-order valence-corrected chi connectivity index (χ4v) is 5.90. The molecule has 4 aliphatic carbocycles. The van der Waals surface area contributed by atoms with E-state index in [0.29, 0.717) is 12.3 Å². The van der Waals surface area contributed by atoms with Crippen LogP contribution in [0.2, 0.25) is 0 Å². The van der Waals surface area contributed by atoms with E-state index in [1.165, 1.54) is 6.92 Å². The highest BCUT2D eigenvalue weighted by atomic mass is 16.6. The first kappa shape index (κ1) is 19.4. The Balaban J connectivity index is 1.70. The summed E-state index contributed by atoms with van der Waals surface area (Å²) in [6, 6.07) is 0. The molecule has 0 aromatic carbocycles. The first-order chi connectivity index (χ1) is 12.1. The molecule has 0 aromatic heterocycles. The lowest BCUT2D eigenvalue weighted by atomic mass is 9.42. The van der Waals surface area contributed by atoms with Gasteiger partial charge in [-0.25, -0.2) is 4.79 Å². The van der Waals surface area contributed by atoms with Gasteiger partial charge in [-0.05, 0) is 56.8 Å². The Hall–Kier alpha value is -1.40. The molecule has 146 valence electrons. The maximum Gasteiger partial charge on any atom is 0.333 e. The molecule has 2 N–H and O–H groups in total. The molecule has 5 atom stereocenters. The predicted octanol–water partition coefficient (Wildman–Crippen LogP) is 2.12. The Bertz CT molecular complexity index is 615. The van der Waals surface area contributed by atoms with E-state index in [1.54, 1.807) is 0 Å². The van der Waals surface area contributed by atoms with Gasteiger partial charge in [0.25, 0.3) is 0 Å². The van der Waals surface area contributed by atoms with Crippen molar-refractivity contribution < 1.29 is 29.3 Å². The predicted molar refractivity (Wildman–Crippen MR) is 94.0 cm³/mol. The molecule has 0 amide bonds. The van der Waals surface area contributed by atoms with Crippen molar-refractivity contribution in [2.45, 2.75) is 70.5 Å². The van der Waals surface area contributed by atoms with Gasteiger partial charge >= 0.3 is 11.9 Å². The van der Waals surface area contributed by atoms with Crippen LogP contribution in [-0.4, -0.2) is 47.1 Å². The highest BCUT2D eigenvalue weighted by Gasteiger charge is 2.65. The molecule has 4 aliphatic rings. The lowest BCUT2D eigenvalue weighted by Crippen LogP contribution is -2.62. The Morgan fingerprint density at radius 2 is 1.96 bits per heavy atom. The number of ether oxygens (including phenoxy) is 2. The smallest absolute Gasteiger partial charge is 0.333 e. The van der Waals surface area contributed by atoms with Crippen molar-refractivity contribution in [3.8, 4) is 0 Å². The van der Waals surface area contributed by atoms with Crippen molar-refractivity contribution >= 4 is 11.9 Å². The number of hydrogen-bond acceptors (Lipinski definition) is 6. The topological polar surface area (TPSA) is 93.1 Å². The lowest BCUT2D eigenvalue weighted by Gasteiger charge is -2.64. The zero-order valence-corrected chi connectivity index (χ0v) is 15.8. The van der Waals surface area contributed by atoms with E-state index in [2.05, 4.69) is 13.5 Å². The lowest BCUT2D eigenvalue weighted by molar-refractivity contribution is -0.222. The molecular weight excluding hydrogens is 336 g/mol.